The predicted octanol–water partition coefficient (Wildman–Crippen LogP) is 3.50. The molecule has 0 bridgehead atoms. The van der Waals surface area contributed by atoms with Crippen LogP contribution in [0.15, 0.2) is 4.99 Å². The molecule has 2 N–H and O–H groups in total. The molecule has 27 heavy (non-hydrogen) atoms. The molecule has 1 saturated heterocycles. The summed E-state index contributed by atoms with van der Waals surface area (Å²) in [5.41, 5.74) is 0. The highest BCUT2D eigenvalue weighted by Crippen LogP contribution is 2.27. The monoisotopic (exact) mass is 397 g/mol. The van der Waals surface area contributed by atoms with Crippen LogP contribution in [0.4, 0.5) is 0 Å². The summed E-state index contributed by atoms with van der Waals surface area (Å²) in [4.78, 5) is 4.86. The first-order valence-electron chi connectivity index (χ1n) is 11.2. The Morgan fingerprint density at radius 1 is 0.963 bits per heavy atom. The van der Waals surface area contributed by atoms with Crippen LogP contribution < -0.4 is 10.6 Å². The zero-order valence-corrected chi connectivity index (χ0v) is 18.1. The number of rotatable bonds is 5. The Kier molecular flexibility index (Phi) is 7.46. The van der Waals surface area contributed by atoms with Crippen molar-refractivity contribution in [3.8, 4) is 0 Å². The lowest BCUT2D eigenvalue weighted by Gasteiger charge is -2.34. The molecule has 2 aliphatic carbocycles. The fraction of sp³-hybridized carbons (Fsp3) is 0.952. The molecule has 3 rings (SSSR count). The van der Waals surface area contributed by atoms with Gasteiger partial charge in [-0.05, 0) is 62.7 Å². The Morgan fingerprint density at radius 2 is 1.70 bits per heavy atom. The number of nitrogens with one attached hydrogen (secondary N) is 2. The van der Waals surface area contributed by atoms with E-state index in [1.54, 1.807) is 0 Å². The van der Waals surface area contributed by atoms with Crippen molar-refractivity contribution in [3.05, 3.63) is 0 Å². The molecular formula is C21H39N3O2S. The van der Waals surface area contributed by atoms with Crippen LogP contribution in [0.5, 0.6) is 0 Å². The molecule has 3 unspecified atom stereocenters. The summed E-state index contributed by atoms with van der Waals surface area (Å²) in [6.07, 6.45) is 12.2. The van der Waals surface area contributed by atoms with Crippen LogP contribution in [0, 0.1) is 17.8 Å². The zero-order valence-electron chi connectivity index (χ0n) is 17.3. The highest BCUT2D eigenvalue weighted by molar-refractivity contribution is 7.91. The van der Waals surface area contributed by atoms with Crippen molar-refractivity contribution >= 4 is 15.8 Å². The molecule has 0 aromatic heterocycles. The lowest BCUT2D eigenvalue weighted by molar-refractivity contribution is 0.291. The Balaban J connectivity index is 1.60. The molecule has 3 fully saturated rings. The van der Waals surface area contributed by atoms with E-state index < -0.39 is 9.84 Å². The number of nitrogens with zero attached hydrogens (tertiary/aromatic N) is 1. The summed E-state index contributed by atoms with van der Waals surface area (Å²) in [7, 11) is -2.83. The summed E-state index contributed by atoms with van der Waals surface area (Å²) >= 11 is 0. The second-order valence-corrected chi connectivity index (χ2v) is 11.5. The van der Waals surface area contributed by atoms with Crippen molar-refractivity contribution in [1.29, 1.82) is 0 Å². The Hall–Kier alpha value is -0.780. The van der Waals surface area contributed by atoms with Crippen molar-refractivity contribution in [2.75, 3.05) is 18.1 Å². The fourth-order valence-corrected chi connectivity index (χ4v) is 6.83. The first-order valence-corrected chi connectivity index (χ1v) is 13.0. The summed E-state index contributed by atoms with van der Waals surface area (Å²) in [5.74, 6) is 3.33. The quantitative estimate of drug-likeness (QED) is 0.550. The number of hydrogen-bond donors (Lipinski definition) is 2. The third kappa shape index (κ3) is 6.37. The van der Waals surface area contributed by atoms with Gasteiger partial charge in [-0.3, -0.25) is 4.99 Å². The maximum Gasteiger partial charge on any atom is 0.191 e. The smallest absolute Gasteiger partial charge is 0.191 e. The second-order valence-electron chi connectivity index (χ2n) is 9.24. The summed E-state index contributed by atoms with van der Waals surface area (Å²) in [6, 6.07) is 0.995. The molecule has 3 atom stereocenters. The molecule has 5 nitrogen and oxygen atoms in total. The maximum atomic E-state index is 11.7. The molecule has 6 heteroatoms. The molecule has 156 valence electrons. The summed E-state index contributed by atoms with van der Waals surface area (Å²) < 4.78 is 23.5. The molecule has 0 aromatic carbocycles. The highest BCUT2D eigenvalue weighted by atomic mass is 32.2. The van der Waals surface area contributed by atoms with Crippen LogP contribution in [-0.4, -0.2) is 44.5 Å². The first kappa shape index (κ1) is 20.9. The van der Waals surface area contributed by atoms with Gasteiger partial charge in [0.05, 0.1) is 11.5 Å². The third-order valence-electron chi connectivity index (χ3n) is 7.03. The van der Waals surface area contributed by atoms with Gasteiger partial charge in [-0.2, -0.15) is 0 Å². The van der Waals surface area contributed by atoms with E-state index in [1.807, 2.05) is 0 Å². The first-order chi connectivity index (χ1) is 12.9. The molecule has 0 aromatic rings. The van der Waals surface area contributed by atoms with Crippen LogP contribution in [-0.2, 0) is 9.84 Å². The number of sulfone groups is 1. The van der Waals surface area contributed by atoms with Gasteiger partial charge in [0.1, 0.15) is 0 Å². The topological polar surface area (TPSA) is 70.6 Å². The normalized spacial score (nSPS) is 37.1. The van der Waals surface area contributed by atoms with Crippen LogP contribution in [0.25, 0.3) is 0 Å². The van der Waals surface area contributed by atoms with Gasteiger partial charge in [0.2, 0.25) is 0 Å². The third-order valence-corrected chi connectivity index (χ3v) is 8.87. The van der Waals surface area contributed by atoms with Gasteiger partial charge in [0.25, 0.3) is 0 Å². The molecule has 0 amide bonds. The SMILES string of the molecule is CCC1CCC(NC(=NCC2CCS(=O)(=O)C2)NC2CCCCC2C)CC1. The number of guanidine groups is 1. The van der Waals surface area contributed by atoms with Crippen molar-refractivity contribution in [2.24, 2.45) is 22.7 Å². The van der Waals surface area contributed by atoms with E-state index in [2.05, 4.69) is 24.5 Å². The number of aliphatic imine (C=N–C) groups is 1. The van der Waals surface area contributed by atoms with Gasteiger partial charge in [-0.25, -0.2) is 8.42 Å². The predicted molar refractivity (Wildman–Crippen MR) is 113 cm³/mol. The lowest BCUT2D eigenvalue weighted by Crippen LogP contribution is -2.51. The van der Waals surface area contributed by atoms with Crippen molar-refractivity contribution in [1.82, 2.24) is 10.6 Å². The van der Waals surface area contributed by atoms with Crippen molar-refractivity contribution in [3.63, 3.8) is 0 Å². The zero-order chi connectivity index (χ0) is 19.3. The van der Waals surface area contributed by atoms with Crippen molar-refractivity contribution in [2.45, 2.75) is 90.1 Å². The average molecular weight is 398 g/mol. The largest absolute Gasteiger partial charge is 0.354 e. The Bertz CT molecular complexity index is 597. The van der Waals surface area contributed by atoms with Gasteiger partial charge < -0.3 is 10.6 Å². The Morgan fingerprint density at radius 3 is 2.33 bits per heavy atom. The van der Waals surface area contributed by atoms with Gasteiger partial charge in [0, 0.05) is 18.6 Å². The maximum absolute atomic E-state index is 11.7. The fourth-order valence-electron chi connectivity index (χ4n) is 4.98. The van der Waals surface area contributed by atoms with E-state index in [4.69, 9.17) is 4.99 Å². The molecule has 1 aliphatic heterocycles. The minimum atomic E-state index is -2.83. The van der Waals surface area contributed by atoms with Crippen LogP contribution in [0.2, 0.25) is 0 Å². The minimum Gasteiger partial charge on any atom is -0.354 e. The molecule has 2 saturated carbocycles. The molecule has 0 spiro atoms. The Labute approximate surface area is 166 Å². The molecule has 1 heterocycles. The lowest BCUT2D eigenvalue weighted by atomic mass is 9.84. The number of hydrogen-bond acceptors (Lipinski definition) is 3. The van der Waals surface area contributed by atoms with Gasteiger partial charge in [-0.1, -0.05) is 33.1 Å². The standard InChI is InChI=1S/C21H39N3O2S/c1-3-17-8-10-19(11-9-17)23-21(24-20-7-5-4-6-16(20)2)22-14-18-12-13-27(25,26)15-18/h16-20H,3-15H2,1-2H3,(H2,22,23,24). The van der Waals surface area contributed by atoms with E-state index in [0.29, 0.717) is 36.1 Å². The van der Waals surface area contributed by atoms with Crippen LogP contribution in [0.1, 0.15) is 78.1 Å². The van der Waals surface area contributed by atoms with E-state index in [0.717, 1.165) is 18.3 Å². The van der Waals surface area contributed by atoms with Crippen molar-refractivity contribution < 1.29 is 8.42 Å². The van der Waals surface area contributed by atoms with Crippen LogP contribution in [0.3, 0.4) is 0 Å². The van der Waals surface area contributed by atoms with Gasteiger partial charge in [-0.15, -0.1) is 0 Å². The van der Waals surface area contributed by atoms with E-state index >= 15 is 0 Å². The van der Waals surface area contributed by atoms with Gasteiger partial charge >= 0.3 is 0 Å². The molecule has 3 aliphatic rings. The van der Waals surface area contributed by atoms with Gasteiger partial charge in [0.15, 0.2) is 15.8 Å². The molecular weight excluding hydrogens is 358 g/mol. The summed E-state index contributed by atoms with van der Waals surface area (Å²) in [5, 5.41) is 7.41. The molecule has 0 radical (unpaired) electrons. The van der Waals surface area contributed by atoms with E-state index in [9.17, 15) is 8.42 Å². The summed E-state index contributed by atoms with van der Waals surface area (Å²) in [6.45, 7) is 5.26. The second kappa shape index (κ2) is 9.62. The highest BCUT2D eigenvalue weighted by Gasteiger charge is 2.29. The average Bonchev–Trinajstić information content (AvgIpc) is 3.01. The van der Waals surface area contributed by atoms with E-state index in [1.165, 1.54) is 57.8 Å². The van der Waals surface area contributed by atoms with E-state index in [-0.39, 0.29) is 5.92 Å². The minimum absolute atomic E-state index is 0.188. The van der Waals surface area contributed by atoms with Crippen LogP contribution >= 0.6 is 0 Å².